The number of hydrogen-bond acceptors (Lipinski definition) is 6. The summed E-state index contributed by atoms with van der Waals surface area (Å²) in [6, 6.07) is 15.8. The molecule has 0 aromatic heterocycles. The van der Waals surface area contributed by atoms with Crippen LogP contribution < -0.4 is 0 Å². The molecular weight excluding hydrogens is 392 g/mol. The molecule has 0 spiro atoms. The second-order valence-corrected chi connectivity index (χ2v) is 7.08. The molecule has 1 amide bonds. The largest absolute Gasteiger partial charge is 0.478 e. The summed E-state index contributed by atoms with van der Waals surface area (Å²) in [4.78, 5) is 41.6. The number of nitrogens with zero attached hydrogens (tertiary/aromatic N) is 2. The Bertz CT molecular complexity index is 984. The van der Waals surface area contributed by atoms with E-state index in [1.807, 2.05) is 30.3 Å². The molecule has 0 saturated carbocycles. The zero-order chi connectivity index (χ0) is 20.8. The highest BCUT2D eigenvalue weighted by atomic mass is 32.2. The summed E-state index contributed by atoms with van der Waals surface area (Å²) in [6.07, 6.45) is 1.77. The maximum atomic E-state index is 12.8. The van der Waals surface area contributed by atoms with E-state index in [1.165, 1.54) is 24.1 Å². The minimum atomic E-state index is -1.03. The van der Waals surface area contributed by atoms with E-state index >= 15 is 0 Å². The summed E-state index contributed by atoms with van der Waals surface area (Å²) in [6.45, 7) is 0.389. The van der Waals surface area contributed by atoms with Crippen molar-refractivity contribution in [2.24, 2.45) is 4.99 Å². The molecule has 0 aliphatic carbocycles. The van der Waals surface area contributed by atoms with Crippen molar-refractivity contribution in [1.29, 1.82) is 0 Å². The van der Waals surface area contributed by atoms with Crippen LogP contribution in [0.25, 0.3) is 0 Å². The number of carbonyl (C=O) groups is 3. The maximum Gasteiger partial charge on any atom is 0.335 e. The molecule has 1 heterocycles. The lowest BCUT2D eigenvalue weighted by atomic mass is 10.1. The number of methoxy groups -OCH3 is 1. The Morgan fingerprint density at radius 1 is 1.14 bits per heavy atom. The van der Waals surface area contributed by atoms with E-state index < -0.39 is 11.9 Å². The Kier molecular flexibility index (Phi) is 6.46. The summed E-state index contributed by atoms with van der Waals surface area (Å²) >= 11 is 1.08. The Morgan fingerprint density at radius 3 is 2.45 bits per heavy atom. The quantitative estimate of drug-likeness (QED) is 0.580. The van der Waals surface area contributed by atoms with Crippen LogP contribution in [0.5, 0.6) is 0 Å². The van der Waals surface area contributed by atoms with Gasteiger partial charge in [0.05, 0.1) is 23.3 Å². The van der Waals surface area contributed by atoms with Gasteiger partial charge in [0.15, 0.2) is 5.17 Å². The Labute approximate surface area is 171 Å². The molecule has 7 nitrogen and oxygen atoms in total. The van der Waals surface area contributed by atoms with Crippen LogP contribution in [0.1, 0.15) is 15.9 Å². The van der Waals surface area contributed by atoms with Gasteiger partial charge in [-0.25, -0.2) is 14.6 Å². The predicted octanol–water partition coefficient (Wildman–Crippen LogP) is 3.25. The van der Waals surface area contributed by atoms with Crippen LogP contribution in [-0.4, -0.2) is 46.7 Å². The maximum absolute atomic E-state index is 12.8. The number of aliphatic imine (C=N–C) groups is 1. The highest BCUT2D eigenvalue weighted by Crippen LogP contribution is 2.33. The Hall–Kier alpha value is -3.39. The first kappa shape index (κ1) is 20.3. The number of carboxylic acids is 1. The fourth-order valence-corrected chi connectivity index (χ4v) is 3.61. The van der Waals surface area contributed by atoms with Gasteiger partial charge in [-0.2, -0.15) is 0 Å². The molecule has 0 unspecified atom stereocenters. The topological polar surface area (TPSA) is 96.3 Å². The number of amidine groups is 1. The lowest BCUT2D eigenvalue weighted by Crippen LogP contribution is -2.31. The van der Waals surface area contributed by atoms with Crippen molar-refractivity contribution in [2.45, 2.75) is 6.42 Å². The molecule has 29 heavy (non-hydrogen) atoms. The van der Waals surface area contributed by atoms with Gasteiger partial charge >= 0.3 is 11.9 Å². The second-order valence-electron chi connectivity index (χ2n) is 6.07. The summed E-state index contributed by atoms with van der Waals surface area (Å²) in [5, 5.41) is 9.43. The molecule has 1 aliphatic heterocycles. The number of carbonyl (C=O) groups excluding carboxylic acids is 2. The second kappa shape index (κ2) is 9.20. The predicted molar refractivity (Wildman–Crippen MR) is 110 cm³/mol. The molecule has 3 rings (SSSR count). The van der Waals surface area contributed by atoms with Crippen LogP contribution in [0.15, 0.2) is 70.6 Å². The molecular formula is C21H18N2O5S. The minimum Gasteiger partial charge on any atom is -0.478 e. The molecule has 1 fully saturated rings. The van der Waals surface area contributed by atoms with Gasteiger partial charge in [0.2, 0.25) is 0 Å². The van der Waals surface area contributed by atoms with E-state index in [1.54, 1.807) is 12.1 Å². The molecule has 2 aromatic rings. The lowest BCUT2D eigenvalue weighted by Gasteiger charge is -2.15. The van der Waals surface area contributed by atoms with Crippen LogP contribution in [0.3, 0.4) is 0 Å². The highest BCUT2D eigenvalue weighted by Gasteiger charge is 2.33. The molecule has 1 N–H and O–H groups in total. The first-order chi connectivity index (χ1) is 14.0. The number of benzene rings is 2. The molecule has 2 aromatic carbocycles. The van der Waals surface area contributed by atoms with Gasteiger partial charge in [-0.05, 0) is 48.0 Å². The van der Waals surface area contributed by atoms with Crippen molar-refractivity contribution >= 4 is 40.5 Å². The average Bonchev–Trinajstić information content (AvgIpc) is 3.01. The number of thioether (sulfide) groups is 1. The first-order valence-corrected chi connectivity index (χ1v) is 9.55. The molecule has 1 aliphatic rings. The standard InChI is InChI=1S/C21H18N2O5S/c1-28-18(24)13-17-19(25)23(12-11-14-5-3-2-4-6-14)21(29-17)22-16-9-7-15(8-10-16)20(26)27/h2-10,13H,11-12H2,1H3,(H,26,27). The fourth-order valence-electron chi connectivity index (χ4n) is 2.63. The van der Waals surface area contributed by atoms with Crippen molar-refractivity contribution in [3.63, 3.8) is 0 Å². The van der Waals surface area contributed by atoms with Gasteiger partial charge in [0.25, 0.3) is 5.91 Å². The molecule has 148 valence electrons. The van der Waals surface area contributed by atoms with Gasteiger partial charge in [0, 0.05) is 12.6 Å². The minimum absolute atomic E-state index is 0.149. The molecule has 0 atom stereocenters. The molecule has 8 heteroatoms. The Morgan fingerprint density at radius 2 is 1.83 bits per heavy atom. The number of esters is 1. The molecule has 0 bridgehead atoms. The Balaban J connectivity index is 1.87. The zero-order valence-electron chi connectivity index (χ0n) is 15.6. The monoisotopic (exact) mass is 410 g/mol. The summed E-state index contributed by atoms with van der Waals surface area (Å²) < 4.78 is 4.62. The average molecular weight is 410 g/mol. The summed E-state index contributed by atoms with van der Waals surface area (Å²) in [5.41, 5.74) is 1.73. The van der Waals surface area contributed by atoms with Crippen molar-refractivity contribution in [3.05, 3.63) is 76.7 Å². The number of aromatic carboxylic acids is 1. The van der Waals surface area contributed by atoms with E-state index in [0.29, 0.717) is 23.8 Å². The van der Waals surface area contributed by atoms with Gasteiger partial charge in [-0.15, -0.1) is 0 Å². The lowest BCUT2D eigenvalue weighted by molar-refractivity contribution is -0.135. The van der Waals surface area contributed by atoms with Crippen LogP contribution in [0.4, 0.5) is 5.69 Å². The van der Waals surface area contributed by atoms with Crippen LogP contribution in [0, 0.1) is 0 Å². The SMILES string of the molecule is COC(=O)C=C1SC(=Nc2ccc(C(=O)O)cc2)N(CCc2ccccc2)C1=O. The van der Waals surface area contributed by atoms with E-state index in [9.17, 15) is 14.4 Å². The zero-order valence-corrected chi connectivity index (χ0v) is 16.4. The number of amides is 1. The number of carboxylic acid groups (broad SMARTS) is 1. The van der Waals surface area contributed by atoms with E-state index in [-0.39, 0.29) is 16.4 Å². The number of hydrogen-bond donors (Lipinski definition) is 1. The van der Waals surface area contributed by atoms with E-state index in [2.05, 4.69) is 9.73 Å². The fraction of sp³-hybridized carbons (Fsp3) is 0.143. The first-order valence-electron chi connectivity index (χ1n) is 8.73. The molecule has 1 saturated heterocycles. The third-order valence-electron chi connectivity index (χ3n) is 4.14. The molecule has 0 radical (unpaired) electrons. The van der Waals surface area contributed by atoms with Gasteiger partial charge in [-0.1, -0.05) is 30.3 Å². The third-order valence-corrected chi connectivity index (χ3v) is 5.15. The summed E-state index contributed by atoms with van der Waals surface area (Å²) in [7, 11) is 1.25. The highest BCUT2D eigenvalue weighted by molar-refractivity contribution is 8.18. The van der Waals surface area contributed by atoms with Crippen LogP contribution in [0.2, 0.25) is 0 Å². The van der Waals surface area contributed by atoms with Gasteiger partial charge in [-0.3, -0.25) is 9.69 Å². The number of rotatable bonds is 6. The van der Waals surface area contributed by atoms with Gasteiger partial charge in [0.1, 0.15) is 0 Å². The van der Waals surface area contributed by atoms with Crippen LogP contribution in [-0.2, 0) is 20.7 Å². The number of ether oxygens (including phenoxy) is 1. The normalized spacial score (nSPS) is 16.4. The van der Waals surface area contributed by atoms with E-state index in [4.69, 9.17) is 5.11 Å². The van der Waals surface area contributed by atoms with Crippen molar-refractivity contribution in [1.82, 2.24) is 4.90 Å². The van der Waals surface area contributed by atoms with Crippen LogP contribution >= 0.6 is 11.8 Å². The third kappa shape index (κ3) is 5.11. The summed E-state index contributed by atoms with van der Waals surface area (Å²) in [5.74, 6) is -1.96. The van der Waals surface area contributed by atoms with E-state index in [0.717, 1.165) is 23.4 Å². The van der Waals surface area contributed by atoms with Gasteiger partial charge < -0.3 is 9.84 Å². The van der Waals surface area contributed by atoms with Crippen molar-refractivity contribution in [2.75, 3.05) is 13.7 Å². The van der Waals surface area contributed by atoms with Crippen molar-refractivity contribution in [3.8, 4) is 0 Å². The smallest absolute Gasteiger partial charge is 0.335 e. The van der Waals surface area contributed by atoms with Crippen molar-refractivity contribution < 1.29 is 24.2 Å².